The van der Waals surface area contributed by atoms with Gasteiger partial charge in [0.25, 0.3) is 0 Å². The molecule has 0 aliphatic carbocycles. The van der Waals surface area contributed by atoms with Crippen molar-refractivity contribution in [2.75, 3.05) is 5.75 Å². The van der Waals surface area contributed by atoms with Crippen molar-refractivity contribution in [3.05, 3.63) is 35.4 Å². The molecule has 1 heterocycles. The molecular formula is C13H17N3OS. The van der Waals surface area contributed by atoms with Gasteiger partial charge in [-0.1, -0.05) is 35.1 Å². The fourth-order valence-corrected chi connectivity index (χ4v) is 3.01. The summed E-state index contributed by atoms with van der Waals surface area (Å²) in [7, 11) is 0. The maximum Gasteiger partial charge on any atom is 0.154 e. The van der Waals surface area contributed by atoms with Crippen LogP contribution in [-0.2, 0) is 5.54 Å². The van der Waals surface area contributed by atoms with Gasteiger partial charge in [-0.25, -0.2) is 0 Å². The first-order chi connectivity index (χ1) is 8.55. The predicted molar refractivity (Wildman–Crippen MR) is 76.5 cm³/mol. The summed E-state index contributed by atoms with van der Waals surface area (Å²) in [5, 5.41) is 12.7. The number of hydrogen-bond donors (Lipinski definition) is 2. The lowest BCUT2D eigenvalue weighted by atomic mass is 9.88. The summed E-state index contributed by atoms with van der Waals surface area (Å²) in [4.78, 5) is 4.57. The highest BCUT2D eigenvalue weighted by Gasteiger charge is 2.29. The third kappa shape index (κ3) is 2.51. The number of nitrogens with zero attached hydrogens (tertiary/aromatic N) is 2. The Morgan fingerprint density at radius 3 is 3.00 bits per heavy atom. The van der Waals surface area contributed by atoms with Crippen LogP contribution in [0.25, 0.3) is 0 Å². The maximum atomic E-state index is 8.83. The Labute approximate surface area is 111 Å². The van der Waals surface area contributed by atoms with Crippen LogP contribution in [0.2, 0.25) is 0 Å². The molecule has 0 spiro atoms. The Hall–Kier alpha value is -1.49. The normalized spacial score (nSPS) is 24.8. The van der Waals surface area contributed by atoms with Crippen LogP contribution >= 0.6 is 11.8 Å². The van der Waals surface area contributed by atoms with E-state index in [0.717, 1.165) is 23.3 Å². The van der Waals surface area contributed by atoms with Crippen molar-refractivity contribution in [2.45, 2.75) is 25.8 Å². The Bertz CT molecular complexity index is 513. The highest BCUT2D eigenvalue weighted by molar-refractivity contribution is 8.13. The largest absolute Gasteiger partial charge is 0.411 e. The summed E-state index contributed by atoms with van der Waals surface area (Å²) in [5.41, 5.74) is 8.15. The number of rotatable bonds is 2. The molecule has 1 aromatic carbocycles. The van der Waals surface area contributed by atoms with Crippen LogP contribution in [0.15, 0.2) is 34.4 Å². The molecule has 0 saturated carbocycles. The Morgan fingerprint density at radius 1 is 1.56 bits per heavy atom. The van der Waals surface area contributed by atoms with Crippen LogP contribution in [0, 0.1) is 0 Å². The van der Waals surface area contributed by atoms with Crippen LogP contribution in [0.4, 0.5) is 0 Å². The van der Waals surface area contributed by atoms with Crippen molar-refractivity contribution in [1.82, 2.24) is 0 Å². The van der Waals surface area contributed by atoms with Crippen molar-refractivity contribution >= 4 is 22.6 Å². The van der Waals surface area contributed by atoms with Gasteiger partial charge in [0.15, 0.2) is 5.17 Å². The van der Waals surface area contributed by atoms with E-state index in [1.54, 1.807) is 18.7 Å². The predicted octanol–water partition coefficient (Wildman–Crippen LogP) is 2.55. The van der Waals surface area contributed by atoms with Crippen LogP contribution in [0.3, 0.4) is 0 Å². The molecule has 4 nitrogen and oxygen atoms in total. The van der Waals surface area contributed by atoms with Crippen LogP contribution < -0.4 is 5.73 Å². The van der Waals surface area contributed by atoms with Gasteiger partial charge in [0, 0.05) is 5.75 Å². The van der Waals surface area contributed by atoms with E-state index < -0.39 is 0 Å². The molecule has 1 unspecified atom stereocenters. The first kappa shape index (κ1) is 13.0. The molecule has 1 aliphatic rings. The first-order valence-corrected chi connectivity index (χ1v) is 6.81. The fourth-order valence-electron chi connectivity index (χ4n) is 2.03. The van der Waals surface area contributed by atoms with E-state index in [0.29, 0.717) is 10.9 Å². The summed E-state index contributed by atoms with van der Waals surface area (Å²) in [6, 6.07) is 7.94. The van der Waals surface area contributed by atoms with E-state index >= 15 is 0 Å². The van der Waals surface area contributed by atoms with Gasteiger partial charge in [0.1, 0.15) is 0 Å². The molecule has 5 heteroatoms. The van der Waals surface area contributed by atoms with Crippen molar-refractivity contribution in [3.8, 4) is 0 Å². The topological polar surface area (TPSA) is 71.0 Å². The van der Waals surface area contributed by atoms with Gasteiger partial charge in [-0.2, -0.15) is 0 Å². The molecule has 96 valence electrons. The summed E-state index contributed by atoms with van der Waals surface area (Å²) in [5.74, 6) is 0.975. The third-order valence-corrected chi connectivity index (χ3v) is 4.04. The number of aliphatic imine (C=N–C) groups is 1. The van der Waals surface area contributed by atoms with Crippen LogP contribution in [0.1, 0.15) is 31.4 Å². The van der Waals surface area contributed by atoms with Gasteiger partial charge >= 0.3 is 0 Å². The number of thioether (sulfide) groups is 1. The lowest BCUT2D eigenvalue weighted by molar-refractivity contribution is 0.319. The third-order valence-electron chi connectivity index (χ3n) is 3.25. The van der Waals surface area contributed by atoms with Crippen molar-refractivity contribution in [2.24, 2.45) is 15.9 Å². The monoisotopic (exact) mass is 263 g/mol. The highest BCUT2D eigenvalue weighted by Crippen LogP contribution is 2.35. The maximum absolute atomic E-state index is 8.83. The van der Waals surface area contributed by atoms with Gasteiger partial charge in [-0.3, -0.25) is 4.99 Å². The van der Waals surface area contributed by atoms with Crippen molar-refractivity contribution in [3.63, 3.8) is 0 Å². The fraction of sp³-hybridized carbons (Fsp3) is 0.385. The Morgan fingerprint density at radius 2 is 2.33 bits per heavy atom. The second kappa shape index (κ2) is 5.02. The number of amidine groups is 1. The average Bonchev–Trinajstić information content (AvgIpc) is 2.38. The smallest absolute Gasteiger partial charge is 0.154 e. The van der Waals surface area contributed by atoms with Crippen LogP contribution in [0.5, 0.6) is 0 Å². The van der Waals surface area contributed by atoms with Gasteiger partial charge in [0.05, 0.1) is 11.3 Å². The minimum Gasteiger partial charge on any atom is -0.411 e. The van der Waals surface area contributed by atoms with E-state index in [1.807, 2.05) is 24.3 Å². The molecular weight excluding hydrogens is 246 g/mol. The first-order valence-electron chi connectivity index (χ1n) is 5.83. The minimum absolute atomic E-state index is 0.277. The number of nitrogens with two attached hydrogens (primary N) is 1. The average molecular weight is 263 g/mol. The SMILES string of the molecule is C/C(=N\O)c1cccc(C2(C)CCSC(N)=N2)c1. The summed E-state index contributed by atoms with van der Waals surface area (Å²) in [6.07, 6.45) is 0.955. The molecule has 1 aromatic rings. The van der Waals surface area contributed by atoms with E-state index in [1.165, 1.54) is 0 Å². The molecule has 0 saturated heterocycles. The molecule has 2 rings (SSSR count). The second-order valence-corrected chi connectivity index (χ2v) is 5.70. The van der Waals surface area contributed by atoms with Crippen molar-refractivity contribution < 1.29 is 5.21 Å². The lowest BCUT2D eigenvalue weighted by Gasteiger charge is -2.30. The Balaban J connectivity index is 2.42. The van der Waals surface area contributed by atoms with Crippen molar-refractivity contribution in [1.29, 1.82) is 0 Å². The number of benzene rings is 1. The molecule has 18 heavy (non-hydrogen) atoms. The second-order valence-electron chi connectivity index (χ2n) is 4.59. The zero-order valence-electron chi connectivity index (χ0n) is 10.6. The summed E-state index contributed by atoms with van der Waals surface area (Å²) in [6.45, 7) is 3.86. The van der Waals surface area contributed by atoms with Gasteiger partial charge < -0.3 is 10.9 Å². The van der Waals surface area contributed by atoms with Gasteiger partial charge in [-0.05, 0) is 37.5 Å². The molecule has 1 atom stereocenters. The number of hydrogen-bond acceptors (Lipinski definition) is 5. The summed E-state index contributed by atoms with van der Waals surface area (Å²) >= 11 is 1.59. The number of oxime groups is 1. The zero-order chi connectivity index (χ0) is 13.2. The lowest BCUT2D eigenvalue weighted by Crippen LogP contribution is -2.28. The van der Waals surface area contributed by atoms with Gasteiger partial charge in [0.2, 0.25) is 0 Å². The van der Waals surface area contributed by atoms with E-state index in [4.69, 9.17) is 10.9 Å². The van der Waals surface area contributed by atoms with E-state index in [2.05, 4.69) is 17.1 Å². The Kier molecular flexibility index (Phi) is 3.61. The summed E-state index contributed by atoms with van der Waals surface area (Å²) < 4.78 is 0. The minimum atomic E-state index is -0.277. The molecule has 0 fully saturated rings. The zero-order valence-corrected chi connectivity index (χ0v) is 11.4. The molecule has 0 radical (unpaired) electrons. The highest BCUT2D eigenvalue weighted by atomic mass is 32.2. The van der Waals surface area contributed by atoms with Gasteiger partial charge in [-0.15, -0.1) is 0 Å². The van der Waals surface area contributed by atoms with E-state index in [9.17, 15) is 0 Å². The molecule has 1 aliphatic heterocycles. The molecule has 0 amide bonds. The standard InChI is InChI=1S/C13H17N3OS/c1-9(16-17)10-4-3-5-11(8-10)13(2)6-7-18-12(14)15-13/h3-5,8,17H,6-7H2,1-2H3,(H2,14,15)/b16-9+. The molecule has 0 aromatic heterocycles. The van der Waals surface area contributed by atoms with Crippen LogP contribution in [-0.4, -0.2) is 21.8 Å². The molecule has 3 N–H and O–H groups in total. The quantitative estimate of drug-likeness (QED) is 0.489. The molecule has 0 bridgehead atoms. The van der Waals surface area contributed by atoms with E-state index in [-0.39, 0.29) is 5.54 Å².